The Balaban J connectivity index is 1.64. The van der Waals surface area contributed by atoms with Crippen LogP contribution >= 0.6 is 23.1 Å². The van der Waals surface area contributed by atoms with Gasteiger partial charge in [-0.05, 0) is 35.9 Å². The highest BCUT2D eigenvalue weighted by molar-refractivity contribution is 7.10. The highest BCUT2D eigenvalue weighted by atomic mass is 35.5. The molecule has 0 aliphatic carbocycles. The van der Waals surface area contributed by atoms with E-state index in [1.165, 1.54) is 23.7 Å². The van der Waals surface area contributed by atoms with E-state index in [1.807, 2.05) is 12.1 Å². The zero-order valence-electron chi connectivity index (χ0n) is 10.1. The molecule has 0 atom stereocenters. The van der Waals surface area contributed by atoms with Crippen LogP contribution in [0, 0.1) is 5.82 Å². The Hall–Kier alpha value is -1.40. The van der Waals surface area contributed by atoms with Gasteiger partial charge in [-0.25, -0.2) is 4.39 Å². The fourth-order valence-electron chi connectivity index (χ4n) is 2.13. The Morgan fingerprint density at radius 1 is 1.05 bits per heavy atom. The molecule has 1 saturated heterocycles. The summed E-state index contributed by atoms with van der Waals surface area (Å²) < 4.78 is 16.9. The van der Waals surface area contributed by atoms with Crippen LogP contribution in [-0.4, -0.2) is 35.5 Å². The number of hydrogen-bond acceptors (Lipinski definition) is 5. The normalized spacial score (nSPS) is 15.9. The summed E-state index contributed by atoms with van der Waals surface area (Å²) in [6, 6.07) is 6.61. The molecule has 0 spiro atoms. The first-order valence-electron chi connectivity index (χ1n) is 5.97. The summed E-state index contributed by atoms with van der Waals surface area (Å²) >= 11 is 7.05. The predicted octanol–water partition coefficient (Wildman–Crippen LogP) is 2.66. The molecule has 0 N–H and O–H groups in total. The third kappa shape index (κ3) is 2.79. The number of rotatable bonds is 2. The molecule has 0 amide bonds. The summed E-state index contributed by atoms with van der Waals surface area (Å²) in [7, 11) is 0. The van der Waals surface area contributed by atoms with Gasteiger partial charge in [0.25, 0.3) is 0 Å². The molecule has 1 aromatic heterocycles. The highest BCUT2D eigenvalue weighted by Crippen LogP contribution is 2.23. The Bertz CT molecular complexity index is 551. The van der Waals surface area contributed by atoms with Crippen molar-refractivity contribution in [3.05, 3.63) is 35.4 Å². The lowest BCUT2D eigenvalue weighted by Gasteiger charge is -2.35. The maximum atomic E-state index is 12.9. The van der Waals surface area contributed by atoms with Gasteiger partial charge in [0.15, 0.2) is 0 Å². The second kappa shape index (κ2) is 5.30. The molecule has 1 aliphatic heterocycles. The quantitative estimate of drug-likeness (QED) is 0.853. The van der Waals surface area contributed by atoms with E-state index in [0.717, 1.165) is 37.0 Å². The molecule has 100 valence electrons. The third-order valence-corrected chi connectivity index (χ3v) is 4.18. The van der Waals surface area contributed by atoms with E-state index in [4.69, 9.17) is 11.6 Å². The van der Waals surface area contributed by atoms with Crippen molar-refractivity contribution in [2.75, 3.05) is 36.0 Å². The Morgan fingerprint density at radius 3 is 2.26 bits per heavy atom. The van der Waals surface area contributed by atoms with Gasteiger partial charge in [0.05, 0.1) is 0 Å². The lowest BCUT2D eigenvalue weighted by molar-refractivity contribution is 0.624. The van der Waals surface area contributed by atoms with Crippen molar-refractivity contribution in [1.29, 1.82) is 0 Å². The second-order valence-electron chi connectivity index (χ2n) is 4.30. The Kier molecular flexibility index (Phi) is 3.52. The third-order valence-electron chi connectivity index (χ3n) is 3.13. The van der Waals surface area contributed by atoms with Crippen molar-refractivity contribution in [2.45, 2.75) is 0 Å². The van der Waals surface area contributed by atoms with Gasteiger partial charge in [-0.2, -0.15) is 9.36 Å². The number of aromatic nitrogens is 2. The van der Waals surface area contributed by atoms with E-state index in [-0.39, 0.29) is 5.82 Å². The van der Waals surface area contributed by atoms with E-state index in [1.54, 1.807) is 0 Å². The highest BCUT2D eigenvalue weighted by Gasteiger charge is 2.20. The molecule has 2 heterocycles. The lowest BCUT2D eigenvalue weighted by atomic mass is 10.2. The van der Waals surface area contributed by atoms with Crippen molar-refractivity contribution >= 4 is 34.0 Å². The maximum absolute atomic E-state index is 12.9. The fraction of sp³-hybridized carbons (Fsp3) is 0.333. The molecule has 0 bridgehead atoms. The van der Waals surface area contributed by atoms with Gasteiger partial charge in [0.1, 0.15) is 5.82 Å². The van der Waals surface area contributed by atoms with Gasteiger partial charge >= 0.3 is 0 Å². The Labute approximate surface area is 119 Å². The van der Waals surface area contributed by atoms with E-state index in [0.29, 0.717) is 5.28 Å². The summed E-state index contributed by atoms with van der Waals surface area (Å²) in [6.07, 6.45) is 0. The molecule has 19 heavy (non-hydrogen) atoms. The van der Waals surface area contributed by atoms with Crippen molar-refractivity contribution in [3.63, 3.8) is 0 Å². The fourth-order valence-corrected chi connectivity index (χ4v) is 2.99. The molecule has 0 unspecified atom stereocenters. The summed E-state index contributed by atoms with van der Waals surface area (Å²) in [5.74, 6) is -0.203. The van der Waals surface area contributed by atoms with Gasteiger partial charge in [-0.15, -0.1) is 0 Å². The van der Waals surface area contributed by atoms with Crippen LogP contribution in [0.25, 0.3) is 0 Å². The minimum absolute atomic E-state index is 0.203. The molecule has 0 radical (unpaired) electrons. The monoisotopic (exact) mass is 298 g/mol. The minimum atomic E-state index is -0.203. The van der Waals surface area contributed by atoms with E-state index in [9.17, 15) is 4.39 Å². The SMILES string of the molecule is Fc1ccc(N2CCN(c3nc(Cl)ns3)CC2)cc1. The van der Waals surface area contributed by atoms with Crippen LogP contribution in [0.1, 0.15) is 0 Å². The van der Waals surface area contributed by atoms with Crippen molar-refractivity contribution in [3.8, 4) is 0 Å². The first kappa shape index (κ1) is 12.6. The van der Waals surface area contributed by atoms with Crippen molar-refractivity contribution in [2.24, 2.45) is 0 Å². The maximum Gasteiger partial charge on any atom is 0.236 e. The van der Waals surface area contributed by atoms with Crippen LogP contribution in [0.15, 0.2) is 24.3 Å². The molecular formula is C12H12ClFN4S. The van der Waals surface area contributed by atoms with Gasteiger partial charge in [0.2, 0.25) is 10.4 Å². The topological polar surface area (TPSA) is 32.3 Å². The number of piperazine rings is 1. The molecule has 3 rings (SSSR count). The molecule has 2 aromatic rings. The molecule has 4 nitrogen and oxygen atoms in total. The summed E-state index contributed by atoms with van der Waals surface area (Å²) in [5, 5.41) is 1.17. The van der Waals surface area contributed by atoms with Crippen molar-refractivity contribution in [1.82, 2.24) is 9.36 Å². The second-order valence-corrected chi connectivity index (χ2v) is 5.36. The van der Waals surface area contributed by atoms with Crippen LogP contribution in [0.4, 0.5) is 15.2 Å². The van der Waals surface area contributed by atoms with Crippen LogP contribution in [0.5, 0.6) is 0 Å². The lowest BCUT2D eigenvalue weighted by Crippen LogP contribution is -2.46. The van der Waals surface area contributed by atoms with E-state index in [2.05, 4.69) is 19.2 Å². The van der Waals surface area contributed by atoms with Gasteiger partial charge in [-0.3, -0.25) is 0 Å². The standard InChI is InChI=1S/C12H12ClFN4S/c13-11-15-12(19-16-11)18-7-5-17(6-8-18)10-3-1-9(14)2-4-10/h1-4H,5-8H2. The zero-order valence-corrected chi connectivity index (χ0v) is 11.7. The average Bonchev–Trinajstić information content (AvgIpc) is 2.87. The predicted molar refractivity (Wildman–Crippen MR) is 75.7 cm³/mol. The largest absolute Gasteiger partial charge is 0.368 e. The van der Waals surface area contributed by atoms with Crippen LogP contribution in [-0.2, 0) is 0 Å². The minimum Gasteiger partial charge on any atom is -0.368 e. The first-order chi connectivity index (χ1) is 9.22. The summed E-state index contributed by atoms with van der Waals surface area (Å²) in [5.41, 5.74) is 1.05. The summed E-state index contributed by atoms with van der Waals surface area (Å²) in [4.78, 5) is 8.58. The van der Waals surface area contributed by atoms with Crippen molar-refractivity contribution < 1.29 is 4.39 Å². The van der Waals surface area contributed by atoms with Crippen LogP contribution in [0.3, 0.4) is 0 Å². The van der Waals surface area contributed by atoms with E-state index < -0.39 is 0 Å². The number of benzene rings is 1. The molecule has 0 saturated carbocycles. The van der Waals surface area contributed by atoms with Gasteiger partial charge in [-0.1, -0.05) is 0 Å². The number of anilines is 2. The van der Waals surface area contributed by atoms with E-state index >= 15 is 0 Å². The van der Waals surface area contributed by atoms with Crippen LogP contribution < -0.4 is 9.80 Å². The molecule has 7 heteroatoms. The smallest absolute Gasteiger partial charge is 0.236 e. The number of nitrogens with zero attached hydrogens (tertiary/aromatic N) is 4. The number of halogens is 2. The average molecular weight is 299 g/mol. The van der Waals surface area contributed by atoms with Crippen LogP contribution in [0.2, 0.25) is 5.28 Å². The van der Waals surface area contributed by atoms with Gasteiger partial charge < -0.3 is 9.80 Å². The Morgan fingerprint density at radius 2 is 1.68 bits per heavy atom. The van der Waals surface area contributed by atoms with Gasteiger partial charge in [0, 0.05) is 43.4 Å². The summed E-state index contributed by atoms with van der Waals surface area (Å²) in [6.45, 7) is 3.48. The molecular weight excluding hydrogens is 287 g/mol. The molecule has 1 fully saturated rings. The molecule has 1 aromatic carbocycles. The number of hydrogen-bond donors (Lipinski definition) is 0. The zero-order chi connectivity index (χ0) is 13.2. The first-order valence-corrected chi connectivity index (χ1v) is 7.12. The molecule has 1 aliphatic rings.